The number of halogens is 1. The number of carbonyl (C=O) groups excluding carboxylic acids is 1. The minimum Gasteiger partial charge on any atom is -0.315 e. The van der Waals surface area contributed by atoms with Crippen molar-refractivity contribution in [3.05, 3.63) is 23.8 Å². The number of nitrogens with zero attached hydrogens (tertiary/aromatic N) is 1. The van der Waals surface area contributed by atoms with Gasteiger partial charge in [0, 0.05) is 31.7 Å². The summed E-state index contributed by atoms with van der Waals surface area (Å²) < 4.78 is 27.3. The maximum absolute atomic E-state index is 12.3. The standard InChI is InChI=1S/C16H25N3O3S.ClH/c1-4-7-17-8-9-18-23(21,22)15-5-6-16-14(11-15)10-12(2)19(16)13(3)20;/h5-6,11-12,17-18H,4,7-10H2,1-3H3;1H. The monoisotopic (exact) mass is 375 g/mol. The molecule has 1 aromatic rings. The molecule has 0 radical (unpaired) electrons. The number of hydrogen-bond acceptors (Lipinski definition) is 4. The molecular formula is C16H26ClN3O3S. The molecule has 0 saturated carbocycles. The van der Waals surface area contributed by atoms with Gasteiger partial charge in [-0.25, -0.2) is 13.1 Å². The van der Waals surface area contributed by atoms with E-state index in [2.05, 4.69) is 17.0 Å². The van der Waals surface area contributed by atoms with Crippen LogP contribution in [0.5, 0.6) is 0 Å². The van der Waals surface area contributed by atoms with Gasteiger partial charge in [-0.05, 0) is 50.1 Å². The fourth-order valence-electron chi connectivity index (χ4n) is 2.91. The van der Waals surface area contributed by atoms with Crippen LogP contribution in [0.4, 0.5) is 5.69 Å². The molecule has 0 bridgehead atoms. The SMILES string of the molecule is CCCNCCNS(=O)(=O)c1ccc2c(c1)CC(C)N2C(C)=O.Cl. The lowest BCUT2D eigenvalue weighted by atomic mass is 10.1. The van der Waals surface area contributed by atoms with Crippen LogP contribution in [0.25, 0.3) is 0 Å². The molecule has 0 aliphatic carbocycles. The number of carbonyl (C=O) groups is 1. The number of nitrogens with one attached hydrogen (secondary N) is 2. The summed E-state index contributed by atoms with van der Waals surface area (Å²) in [5.41, 5.74) is 1.72. The fraction of sp³-hybridized carbons (Fsp3) is 0.562. The van der Waals surface area contributed by atoms with Crippen LogP contribution < -0.4 is 14.9 Å². The summed E-state index contributed by atoms with van der Waals surface area (Å²) >= 11 is 0. The smallest absolute Gasteiger partial charge is 0.240 e. The van der Waals surface area contributed by atoms with E-state index < -0.39 is 10.0 Å². The molecule has 1 aliphatic heterocycles. The van der Waals surface area contributed by atoms with Gasteiger partial charge in [-0.1, -0.05) is 6.92 Å². The Morgan fingerprint density at radius 3 is 2.62 bits per heavy atom. The number of anilines is 1. The van der Waals surface area contributed by atoms with Crippen molar-refractivity contribution >= 4 is 34.0 Å². The van der Waals surface area contributed by atoms with Crippen molar-refractivity contribution < 1.29 is 13.2 Å². The molecule has 0 fully saturated rings. The van der Waals surface area contributed by atoms with E-state index in [-0.39, 0.29) is 29.3 Å². The van der Waals surface area contributed by atoms with Gasteiger partial charge in [-0.3, -0.25) is 4.79 Å². The topological polar surface area (TPSA) is 78.5 Å². The predicted octanol–water partition coefficient (Wildman–Crippen LogP) is 1.68. The van der Waals surface area contributed by atoms with Gasteiger partial charge in [0.2, 0.25) is 15.9 Å². The molecule has 24 heavy (non-hydrogen) atoms. The van der Waals surface area contributed by atoms with Crippen molar-refractivity contribution in [2.24, 2.45) is 0 Å². The molecule has 0 saturated heterocycles. The van der Waals surface area contributed by atoms with E-state index >= 15 is 0 Å². The molecule has 2 N–H and O–H groups in total. The Labute approximate surface area is 150 Å². The van der Waals surface area contributed by atoms with Crippen molar-refractivity contribution in [2.45, 2.75) is 44.6 Å². The van der Waals surface area contributed by atoms with Crippen molar-refractivity contribution in [3.63, 3.8) is 0 Å². The Morgan fingerprint density at radius 2 is 2.00 bits per heavy atom. The first-order chi connectivity index (χ1) is 10.9. The second-order valence-electron chi connectivity index (χ2n) is 5.88. The molecule has 0 spiro atoms. The van der Waals surface area contributed by atoms with Crippen molar-refractivity contribution in [2.75, 3.05) is 24.5 Å². The summed E-state index contributed by atoms with van der Waals surface area (Å²) in [4.78, 5) is 13.7. The zero-order chi connectivity index (χ0) is 17.0. The highest BCUT2D eigenvalue weighted by molar-refractivity contribution is 7.89. The molecule has 2 rings (SSSR count). The third kappa shape index (κ3) is 4.69. The van der Waals surface area contributed by atoms with Gasteiger partial charge in [-0.15, -0.1) is 12.4 Å². The first kappa shape index (κ1) is 20.9. The molecule has 6 nitrogen and oxygen atoms in total. The molecule has 1 unspecified atom stereocenters. The summed E-state index contributed by atoms with van der Waals surface area (Å²) in [7, 11) is -3.52. The Kier molecular flexibility index (Phi) is 7.66. The van der Waals surface area contributed by atoms with Crippen LogP contribution in [-0.2, 0) is 21.2 Å². The Bertz CT molecular complexity index is 679. The van der Waals surface area contributed by atoms with Gasteiger partial charge < -0.3 is 10.2 Å². The zero-order valence-electron chi connectivity index (χ0n) is 14.3. The molecule has 1 aliphatic rings. The predicted molar refractivity (Wildman–Crippen MR) is 98.4 cm³/mol. The highest BCUT2D eigenvalue weighted by Gasteiger charge is 2.30. The highest BCUT2D eigenvalue weighted by Crippen LogP contribution is 2.33. The highest BCUT2D eigenvalue weighted by atomic mass is 35.5. The Hall–Kier alpha value is -1.15. The van der Waals surface area contributed by atoms with Crippen molar-refractivity contribution in [1.82, 2.24) is 10.0 Å². The molecule has 1 aromatic carbocycles. The summed E-state index contributed by atoms with van der Waals surface area (Å²) in [6, 6.07) is 5.03. The van der Waals surface area contributed by atoms with Gasteiger partial charge in [0.25, 0.3) is 0 Å². The lowest BCUT2D eigenvalue weighted by Gasteiger charge is -2.20. The van der Waals surface area contributed by atoms with E-state index in [1.807, 2.05) is 6.92 Å². The van der Waals surface area contributed by atoms with Crippen LogP contribution in [0.1, 0.15) is 32.8 Å². The summed E-state index contributed by atoms with van der Waals surface area (Å²) in [5.74, 6) is -0.0213. The number of sulfonamides is 1. The molecule has 136 valence electrons. The number of fused-ring (bicyclic) bond motifs is 1. The van der Waals surface area contributed by atoms with Crippen molar-refractivity contribution in [3.8, 4) is 0 Å². The number of amides is 1. The maximum atomic E-state index is 12.3. The number of benzene rings is 1. The lowest BCUT2D eigenvalue weighted by molar-refractivity contribution is -0.116. The first-order valence-corrected chi connectivity index (χ1v) is 9.48. The normalized spacial score (nSPS) is 16.6. The minimum atomic E-state index is -3.52. The maximum Gasteiger partial charge on any atom is 0.240 e. The summed E-state index contributed by atoms with van der Waals surface area (Å²) in [6.07, 6.45) is 1.69. The van der Waals surface area contributed by atoms with Gasteiger partial charge in [0.15, 0.2) is 0 Å². The Morgan fingerprint density at radius 1 is 1.29 bits per heavy atom. The van der Waals surface area contributed by atoms with E-state index in [0.717, 1.165) is 24.2 Å². The average Bonchev–Trinajstić information content (AvgIpc) is 2.81. The van der Waals surface area contributed by atoms with E-state index in [9.17, 15) is 13.2 Å². The average molecular weight is 376 g/mol. The molecule has 0 aromatic heterocycles. The molecule has 8 heteroatoms. The minimum absolute atomic E-state index is 0. The summed E-state index contributed by atoms with van der Waals surface area (Å²) in [5, 5.41) is 3.15. The first-order valence-electron chi connectivity index (χ1n) is 8.00. The second kappa shape index (κ2) is 8.80. The van der Waals surface area contributed by atoms with Gasteiger partial charge in [-0.2, -0.15) is 0 Å². The van der Waals surface area contributed by atoms with Crippen LogP contribution in [-0.4, -0.2) is 40.0 Å². The van der Waals surface area contributed by atoms with E-state index in [1.165, 1.54) is 6.92 Å². The second-order valence-corrected chi connectivity index (χ2v) is 7.65. The third-order valence-electron chi connectivity index (χ3n) is 3.94. The quantitative estimate of drug-likeness (QED) is 0.711. The summed E-state index contributed by atoms with van der Waals surface area (Å²) in [6.45, 7) is 7.39. The van der Waals surface area contributed by atoms with Gasteiger partial charge in [0.1, 0.15) is 0 Å². The third-order valence-corrected chi connectivity index (χ3v) is 5.40. The molecular weight excluding hydrogens is 350 g/mol. The van der Waals surface area contributed by atoms with Gasteiger partial charge >= 0.3 is 0 Å². The van der Waals surface area contributed by atoms with E-state index in [1.54, 1.807) is 23.1 Å². The van der Waals surface area contributed by atoms with Gasteiger partial charge in [0.05, 0.1) is 4.90 Å². The van der Waals surface area contributed by atoms with Crippen LogP contribution in [0.3, 0.4) is 0 Å². The van der Waals surface area contributed by atoms with Crippen LogP contribution in [0.15, 0.2) is 23.1 Å². The largest absolute Gasteiger partial charge is 0.315 e. The fourth-order valence-corrected chi connectivity index (χ4v) is 4.00. The van der Waals surface area contributed by atoms with Crippen molar-refractivity contribution in [1.29, 1.82) is 0 Å². The number of rotatable bonds is 7. The van der Waals surface area contributed by atoms with Crippen LogP contribution in [0.2, 0.25) is 0 Å². The van der Waals surface area contributed by atoms with E-state index in [4.69, 9.17) is 0 Å². The van der Waals surface area contributed by atoms with Crippen LogP contribution in [0, 0.1) is 0 Å². The Balaban J connectivity index is 0.00000288. The lowest BCUT2D eigenvalue weighted by Crippen LogP contribution is -2.33. The zero-order valence-corrected chi connectivity index (χ0v) is 16.0. The van der Waals surface area contributed by atoms with E-state index in [0.29, 0.717) is 19.5 Å². The molecule has 1 amide bonds. The number of hydrogen-bond donors (Lipinski definition) is 2. The van der Waals surface area contributed by atoms with Crippen LogP contribution >= 0.6 is 12.4 Å². The molecule has 1 atom stereocenters. The molecule has 1 heterocycles.